The summed E-state index contributed by atoms with van der Waals surface area (Å²) in [5, 5.41) is 0.354. The summed E-state index contributed by atoms with van der Waals surface area (Å²) < 4.78 is 32.7. The highest BCUT2D eigenvalue weighted by Crippen LogP contribution is 2.63. The molecule has 0 radical (unpaired) electrons. The van der Waals surface area contributed by atoms with Crippen LogP contribution in [0, 0.1) is 5.41 Å². The molecule has 0 bridgehead atoms. The molecule has 1 aromatic rings. The number of esters is 1. The number of carbonyl (C=O) groups excluding carboxylic acids is 1. The van der Waals surface area contributed by atoms with Crippen LogP contribution in [0.3, 0.4) is 0 Å². The van der Waals surface area contributed by atoms with Gasteiger partial charge in [-0.25, -0.2) is 8.78 Å². The number of benzene rings is 1. The second-order valence-electron chi connectivity index (χ2n) is 6.50. The van der Waals surface area contributed by atoms with Crippen LogP contribution in [0.1, 0.15) is 32.8 Å². The number of rotatable bonds is 3. The molecule has 0 aromatic heterocycles. The number of nitrogens with two attached hydrogens (primary N) is 1. The van der Waals surface area contributed by atoms with Gasteiger partial charge in [-0.3, -0.25) is 4.79 Å². The molecule has 1 unspecified atom stereocenters. The largest absolute Gasteiger partial charge is 0.459 e. The molecule has 116 valence electrons. The van der Waals surface area contributed by atoms with Crippen molar-refractivity contribution in [3.63, 3.8) is 0 Å². The molecule has 1 aromatic carbocycles. The molecule has 3 nitrogen and oxygen atoms in total. The summed E-state index contributed by atoms with van der Waals surface area (Å²) in [5.41, 5.74) is 3.92. The minimum Gasteiger partial charge on any atom is -0.459 e. The fourth-order valence-corrected chi connectivity index (χ4v) is 2.37. The Morgan fingerprint density at radius 3 is 2.43 bits per heavy atom. The second kappa shape index (κ2) is 4.83. The van der Waals surface area contributed by atoms with E-state index in [-0.39, 0.29) is 6.42 Å². The zero-order valence-corrected chi connectivity index (χ0v) is 12.9. The van der Waals surface area contributed by atoms with Gasteiger partial charge >= 0.3 is 5.97 Å². The van der Waals surface area contributed by atoms with Crippen LogP contribution < -0.4 is 5.73 Å². The highest BCUT2D eigenvalue weighted by molar-refractivity contribution is 6.33. The summed E-state index contributed by atoms with van der Waals surface area (Å²) in [4.78, 5) is 12.2. The normalized spacial score (nSPS) is 23.7. The van der Waals surface area contributed by atoms with E-state index < -0.39 is 29.3 Å². The maximum atomic E-state index is 13.8. The van der Waals surface area contributed by atoms with Crippen molar-refractivity contribution >= 4 is 23.3 Å². The average Bonchev–Trinajstić information content (AvgIpc) is 2.85. The van der Waals surface area contributed by atoms with Crippen LogP contribution in [0.15, 0.2) is 18.2 Å². The van der Waals surface area contributed by atoms with E-state index in [2.05, 4.69) is 0 Å². The Morgan fingerprint density at radius 2 is 2.00 bits per heavy atom. The summed E-state index contributed by atoms with van der Waals surface area (Å²) in [6, 6.07) is 4.65. The molecular weight excluding hydrogens is 300 g/mol. The second-order valence-corrected chi connectivity index (χ2v) is 6.91. The summed E-state index contributed by atoms with van der Waals surface area (Å²) in [7, 11) is 0. The number of hydrogen-bond acceptors (Lipinski definition) is 3. The van der Waals surface area contributed by atoms with E-state index in [9.17, 15) is 13.6 Å². The molecule has 21 heavy (non-hydrogen) atoms. The summed E-state index contributed by atoms with van der Waals surface area (Å²) in [6.07, 6.45) is -0.617. The van der Waals surface area contributed by atoms with Crippen molar-refractivity contribution < 1.29 is 18.3 Å². The van der Waals surface area contributed by atoms with Gasteiger partial charge in [-0.2, -0.15) is 0 Å². The Balaban J connectivity index is 2.24. The van der Waals surface area contributed by atoms with Gasteiger partial charge in [0, 0.05) is 6.42 Å². The van der Waals surface area contributed by atoms with Gasteiger partial charge in [0.1, 0.15) is 11.0 Å². The Bertz CT molecular complexity index is 584. The highest BCUT2D eigenvalue weighted by atomic mass is 35.5. The Hall–Kier alpha value is -1.36. The van der Waals surface area contributed by atoms with Crippen LogP contribution in [0.2, 0.25) is 5.02 Å². The van der Waals surface area contributed by atoms with Crippen LogP contribution in [0.4, 0.5) is 14.5 Å². The first-order chi connectivity index (χ1) is 9.47. The molecular formula is C15H18ClF2NO2. The average molecular weight is 318 g/mol. The topological polar surface area (TPSA) is 52.3 Å². The van der Waals surface area contributed by atoms with Gasteiger partial charge in [-0.05, 0) is 44.9 Å². The Morgan fingerprint density at radius 1 is 1.43 bits per heavy atom. The Labute approximate surface area is 127 Å². The minimum absolute atomic E-state index is 0.115. The third kappa shape index (κ3) is 3.12. The van der Waals surface area contributed by atoms with Gasteiger partial charge in [0.25, 0.3) is 5.92 Å². The molecule has 0 amide bonds. The zero-order valence-electron chi connectivity index (χ0n) is 12.2. The van der Waals surface area contributed by atoms with Crippen molar-refractivity contribution in [2.45, 2.75) is 45.1 Å². The van der Waals surface area contributed by atoms with Crippen LogP contribution in [0.25, 0.3) is 0 Å². The molecule has 1 atom stereocenters. The number of anilines is 1. The van der Waals surface area contributed by atoms with Crippen molar-refractivity contribution in [1.82, 2.24) is 0 Å². The third-order valence-corrected chi connectivity index (χ3v) is 3.80. The van der Waals surface area contributed by atoms with E-state index in [1.165, 1.54) is 12.1 Å². The lowest BCUT2D eigenvalue weighted by atomic mass is 9.95. The van der Waals surface area contributed by atoms with Gasteiger partial charge in [0.15, 0.2) is 0 Å². The van der Waals surface area contributed by atoms with Gasteiger partial charge in [-0.1, -0.05) is 17.7 Å². The monoisotopic (exact) mass is 317 g/mol. The molecule has 2 rings (SSSR count). The van der Waals surface area contributed by atoms with Crippen LogP contribution in [0.5, 0.6) is 0 Å². The zero-order chi connectivity index (χ0) is 16.1. The van der Waals surface area contributed by atoms with Crippen molar-refractivity contribution in [1.29, 1.82) is 0 Å². The van der Waals surface area contributed by atoms with Gasteiger partial charge < -0.3 is 10.5 Å². The SMILES string of the molecule is CC(C)(C)OC(=O)C1(Cc2ccc(Cl)c(N)c2)CC1(F)F. The number of nitrogen functional groups attached to an aromatic ring is 1. The molecule has 6 heteroatoms. The lowest BCUT2D eigenvalue weighted by Gasteiger charge is -2.24. The van der Waals surface area contributed by atoms with Crippen LogP contribution >= 0.6 is 11.6 Å². The summed E-state index contributed by atoms with van der Waals surface area (Å²) in [6.45, 7) is 4.96. The third-order valence-electron chi connectivity index (χ3n) is 3.45. The van der Waals surface area contributed by atoms with Gasteiger partial charge in [-0.15, -0.1) is 0 Å². The lowest BCUT2D eigenvalue weighted by molar-refractivity contribution is -0.166. The molecule has 0 spiro atoms. The van der Waals surface area contributed by atoms with E-state index in [0.29, 0.717) is 16.3 Å². The smallest absolute Gasteiger partial charge is 0.319 e. The number of hydrogen-bond donors (Lipinski definition) is 1. The van der Waals surface area contributed by atoms with E-state index in [4.69, 9.17) is 22.1 Å². The molecule has 1 saturated carbocycles. The van der Waals surface area contributed by atoms with E-state index in [0.717, 1.165) is 0 Å². The van der Waals surface area contributed by atoms with Gasteiger partial charge in [0.05, 0.1) is 10.7 Å². The maximum absolute atomic E-state index is 13.8. The summed E-state index contributed by atoms with van der Waals surface area (Å²) >= 11 is 5.81. The van der Waals surface area contributed by atoms with E-state index >= 15 is 0 Å². The molecule has 0 heterocycles. The van der Waals surface area contributed by atoms with Crippen LogP contribution in [-0.2, 0) is 16.0 Å². The van der Waals surface area contributed by atoms with Crippen molar-refractivity contribution in [3.8, 4) is 0 Å². The molecule has 1 fully saturated rings. The fraction of sp³-hybridized carbons (Fsp3) is 0.533. The highest BCUT2D eigenvalue weighted by Gasteiger charge is 2.76. The van der Waals surface area contributed by atoms with Gasteiger partial charge in [0.2, 0.25) is 0 Å². The minimum atomic E-state index is -3.05. The molecule has 1 aliphatic carbocycles. The van der Waals surface area contributed by atoms with E-state index in [1.807, 2.05) is 0 Å². The number of halogens is 3. The maximum Gasteiger partial charge on any atom is 0.319 e. The van der Waals surface area contributed by atoms with Crippen molar-refractivity contribution in [2.75, 3.05) is 5.73 Å². The van der Waals surface area contributed by atoms with Crippen LogP contribution in [-0.4, -0.2) is 17.5 Å². The predicted molar refractivity (Wildman–Crippen MR) is 77.4 cm³/mol. The van der Waals surface area contributed by atoms with E-state index in [1.54, 1.807) is 26.8 Å². The van der Waals surface area contributed by atoms with Crippen molar-refractivity contribution in [3.05, 3.63) is 28.8 Å². The quantitative estimate of drug-likeness (QED) is 0.681. The number of alkyl halides is 2. The molecule has 1 aliphatic rings. The molecule has 0 aliphatic heterocycles. The first-order valence-electron chi connectivity index (χ1n) is 6.62. The number of ether oxygens (including phenoxy) is 1. The first-order valence-corrected chi connectivity index (χ1v) is 7.00. The molecule has 0 saturated heterocycles. The predicted octanol–water partition coefficient (Wildman–Crippen LogP) is 3.83. The summed E-state index contributed by atoms with van der Waals surface area (Å²) in [5.74, 6) is -3.92. The Kier molecular flexibility index (Phi) is 3.69. The number of carbonyl (C=O) groups is 1. The van der Waals surface area contributed by atoms with Crippen molar-refractivity contribution in [2.24, 2.45) is 5.41 Å². The molecule has 2 N–H and O–H groups in total. The first kappa shape index (κ1) is 16.0. The lowest BCUT2D eigenvalue weighted by Crippen LogP contribution is -2.34. The standard InChI is InChI=1S/C15H18ClF2NO2/c1-13(2,3)21-12(20)14(8-15(14,17)18)7-9-4-5-10(16)11(19)6-9/h4-6H,7-8,19H2,1-3H3. The fourth-order valence-electron chi connectivity index (χ4n) is 2.25.